The standard InChI is InChI=1S/C13H10O/c14-10-11-6-8-13(9-7-11)12-4-2-1-3-5-12/h1-6,8-9H,7H2. The van der Waals surface area contributed by atoms with Gasteiger partial charge in [-0.15, -0.1) is 0 Å². The van der Waals surface area contributed by atoms with Crippen LogP contribution in [0.25, 0.3) is 5.57 Å². The second-order valence-electron chi connectivity index (χ2n) is 3.19. The van der Waals surface area contributed by atoms with Crippen LogP contribution in [0.15, 0.2) is 54.1 Å². The second kappa shape index (κ2) is 3.91. The van der Waals surface area contributed by atoms with Crippen LogP contribution >= 0.6 is 0 Å². The van der Waals surface area contributed by atoms with E-state index in [1.165, 1.54) is 11.1 Å². The lowest BCUT2D eigenvalue weighted by Gasteiger charge is -2.06. The highest BCUT2D eigenvalue weighted by molar-refractivity contribution is 5.78. The molecule has 0 heterocycles. The largest absolute Gasteiger partial charge is 0.233 e. The molecule has 0 radical (unpaired) electrons. The number of hydrogen-bond acceptors (Lipinski definition) is 1. The van der Waals surface area contributed by atoms with E-state index < -0.39 is 0 Å². The lowest BCUT2D eigenvalue weighted by molar-refractivity contribution is 0.567. The number of benzene rings is 1. The topological polar surface area (TPSA) is 17.1 Å². The van der Waals surface area contributed by atoms with Crippen LogP contribution in [0.2, 0.25) is 0 Å². The predicted molar refractivity (Wildman–Crippen MR) is 57.4 cm³/mol. The quantitative estimate of drug-likeness (QED) is 0.610. The average Bonchev–Trinajstić information content (AvgIpc) is 2.30. The minimum atomic E-state index is 0.685. The molecule has 2 rings (SSSR count). The Morgan fingerprint density at radius 2 is 1.86 bits per heavy atom. The van der Waals surface area contributed by atoms with E-state index >= 15 is 0 Å². The Balaban J connectivity index is 2.29. The maximum absolute atomic E-state index is 10.4. The Bertz CT molecular complexity index is 432. The van der Waals surface area contributed by atoms with Gasteiger partial charge in [-0.05, 0) is 17.2 Å². The van der Waals surface area contributed by atoms with Gasteiger partial charge in [0.1, 0.15) is 5.94 Å². The highest BCUT2D eigenvalue weighted by Gasteiger charge is 2.02. The molecule has 0 aromatic heterocycles. The van der Waals surface area contributed by atoms with Gasteiger partial charge in [-0.25, -0.2) is 4.79 Å². The molecule has 0 spiro atoms. The van der Waals surface area contributed by atoms with Crippen molar-refractivity contribution >= 4 is 11.5 Å². The van der Waals surface area contributed by atoms with E-state index in [1.807, 2.05) is 36.3 Å². The smallest absolute Gasteiger partial charge is 0.128 e. The minimum Gasteiger partial charge on any atom is -0.233 e. The van der Waals surface area contributed by atoms with E-state index in [0.29, 0.717) is 12.0 Å². The summed E-state index contributed by atoms with van der Waals surface area (Å²) in [6.45, 7) is 0. The molecule has 1 aliphatic rings. The van der Waals surface area contributed by atoms with Crippen molar-refractivity contribution in [1.82, 2.24) is 0 Å². The van der Waals surface area contributed by atoms with Crippen LogP contribution in [-0.4, -0.2) is 5.94 Å². The van der Waals surface area contributed by atoms with Crippen LogP contribution in [-0.2, 0) is 4.79 Å². The molecule has 1 nitrogen and oxygen atoms in total. The molecule has 0 N–H and O–H groups in total. The van der Waals surface area contributed by atoms with Crippen molar-refractivity contribution in [3.63, 3.8) is 0 Å². The third-order valence-corrected chi connectivity index (χ3v) is 2.24. The van der Waals surface area contributed by atoms with E-state index in [-0.39, 0.29) is 0 Å². The first kappa shape index (κ1) is 8.74. The molecule has 0 saturated heterocycles. The fourth-order valence-corrected chi connectivity index (χ4v) is 1.47. The van der Waals surface area contributed by atoms with Crippen LogP contribution in [0.5, 0.6) is 0 Å². The van der Waals surface area contributed by atoms with Crippen molar-refractivity contribution < 1.29 is 4.79 Å². The Kier molecular flexibility index (Phi) is 2.44. The molecular formula is C13H10O. The lowest BCUT2D eigenvalue weighted by Crippen LogP contribution is -1.88. The average molecular weight is 182 g/mol. The third kappa shape index (κ3) is 1.73. The number of carbonyl (C=O) groups excluding carboxylic acids is 1. The number of allylic oxidation sites excluding steroid dienone is 5. The highest BCUT2D eigenvalue weighted by atomic mass is 16.1. The Morgan fingerprint density at radius 3 is 2.43 bits per heavy atom. The molecule has 0 aliphatic heterocycles. The maximum Gasteiger partial charge on any atom is 0.128 e. The summed E-state index contributed by atoms with van der Waals surface area (Å²) in [5.41, 5.74) is 3.07. The maximum atomic E-state index is 10.4. The monoisotopic (exact) mass is 182 g/mol. The van der Waals surface area contributed by atoms with Crippen LogP contribution in [0.4, 0.5) is 0 Å². The summed E-state index contributed by atoms with van der Waals surface area (Å²) in [4.78, 5) is 10.4. The first-order valence-corrected chi connectivity index (χ1v) is 4.58. The summed E-state index contributed by atoms with van der Waals surface area (Å²) in [6, 6.07) is 10.1. The molecule has 68 valence electrons. The van der Waals surface area contributed by atoms with Gasteiger partial charge in [0.25, 0.3) is 0 Å². The molecule has 0 atom stereocenters. The molecule has 0 saturated carbocycles. The van der Waals surface area contributed by atoms with Crippen LogP contribution < -0.4 is 0 Å². The van der Waals surface area contributed by atoms with E-state index in [9.17, 15) is 4.79 Å². The van der Waals surface area contributed by atoms with E-state index in [4.69, 9.17) is 0 Å². The van der Waals surface area contributed by atoms with Gasteiger partial charge in [0.15, 0.2) is 0 Å². The first-order valence-electron chi connectivity index (χ1n) is 4.58. The van der Waals surface area contributed by atoms with E-state index in [2.05, 4.69) is 18.2 Å². The van der Waals surface area contributed by atoms with Crippen molar-refractivity contribution in [3.05, 3.63) is 59.7 Å². The van der Waals surface area contributed by atoms with Gasteiger partial charge in [-0.1, -0.05) is 42.5 Å². The van der Waals surface area contributed by atoms with Gasteiger partial charge >= 0.3 is 0 Å². The molecule has 1 aliphatic carbocycles. The second-order valence-corrected chi connectivity index (χ2v) is 3.19. The zero-order valence-electron chi connectivity index (χ0n) is 7.73. The van der Waals surface area contributed by atoms with E-state index in [0.717, 1.165) is 0 Å². The molecule has 0 amide bonds. The molecule has 14 heavy (non-hydrogen) atoms. The van der Waals surface area contributed by atoms with Gasteiger partial charge in [-0.2, -0.15) is 0 Å². The fourth-order valence-electron chi connectivity index (χ4n) is 1.47. The zero-order chi connectivity index (χ0) is 9.80. The van der Waals surface area contributed by atoms with Crippen molar-refractivity contribution in [3.8, 4) is 0 Å². The van der Waals surface area contributed by atoms with Crippen molar-refractivity contribution in [2.75, 3.05) is 0 Å². The SMILES string of the molecule is O=C=C1C=CC(c2ccccc2)=CC1. The van der Waals surface area contributed by atoms with Gasteiger partial charge < -0.3 is 0 Å². The Hall–Kier alpha value is -1.85. The summed E-state index contributed by atoms with van der Waals surface area (Å²) >= 11 is 0. The predicted octanol–water partition coefficient (Wildman–Crippen LogP) is 2.79. The van der Waals surface area contributed by atoms with Gasteiger partial charge in [0, 0.05) is 12.0 Å². The summed E-state index contributed by atoms with van der Waals surface area (Å²) < 4.78 is 0. The fraction of sp³-hybridized carbons (Fsp3) is 0.0769. The summed E-state index contributed by atoms with van der Waals surface area (Å²) in [6.07, 6.45) is 6.52. The molecule has 1 aromatic carbocycles. The minimum absolute atomic E-state index is 0.685. The molecule has 0 unspecified atom stereocenters. The Morgan fingerprint density at radius 1 is 1.07 bits per heavy atom. The highest BCUT2D eigenvalue weighted by Crippen LogP contribution is 2.22. The van der Waals surface area contributed by atoms with Gasteiger partial charge in [-0.3, -0.25) is 0 Å². The molecular weight excluding hydrogens is 172 g/mol. The van der Waals surface area contributed by atoms with Crippen molar-refractivity contribution in [2.24, 2.45) is 0 Å². The zero-order valence-corrected chi connectivity index (χ0v) is 7.73. The summed E-state index contributed by atoms with van der Waals surface area (Å²) in [5, 5.41) is 0. The molecule has 0 fully saturated rings. The number of hydrogen-bond donors (Lipinski definition) is 0. The summed E-state index contributed by atoms with van der Waals surface area (Å²) in [5.74, 6) is 1.91. The van der Waals surface area contributed by atoms with Crippen LogP contribution in [0, 0.1) is 0 Å². The Labute approximate surface area is 83.1 Å². The van der Waals surface area contributed by atoms with Crippen LogP contribution in [0.1, 0.15) is 12.0 Å². The normalized spacial score (nSPS) is 14.9. The lowest BCUT2D eigenvalue weighted by atomic mass is 9.98. The number of rotatable bonds is 1. The van der Waals surface area contributed by atoms with Gasteiger partial charge in [0.05, 0.1) is 0 Å². The van der Waals surface area contributed by atoms with Gasteiger partial charge in [0.2, 0.25) is 0 Å². The van der Waals surface area contributed by atoms with Crippen molar-refractivity contribution in [1.29, 1.82) is 0 Å². The molecule has 0 bridgehead atoms. The molecule has 1 heteroatoms. The van der Waals surface area contributed by atoms with E-state index in [1.54, 1.807) is 0 Å². The van der Waals surface area contributed by atoms with Crippen LogP contribution in [0.3, 0.4) is 0 Å². The first-order chi connectivity index (χ1) is 6.90. The summed E-state index contributed by atoms with van der Waals surface area (Å²) in [7, 11) is 0. The van der Waals surface area contributed by atoms with Crippen molar-refractivity contribution in [2.45, 2.75) is 6.42 Å². The third-order valence-electron chi connectivity index (χ3n) is 2.24. The molecule has 1 aromatic rings.